The molecule has 1 aromatic heterocycles. The Morgan fingerprint density at radius 3 is 2.44 bits per heavy atom. The predicted molar refractivity (Wildman–Crippen MR) is 158 cm³/mol. The van der Waals surface area contributed by atoms with Crippen LogP contribution < -0.4 is 25.6 Å². The van der Waals surface area contributed by atoms with Gasteiger partial charge in [-0.05, 0) is 61.4 Å². The SMILES string of the molecule is COc1ccc(/C(C)=N/NC(=O)CSc2nc3ccccc3c(=O)n2CCc2ccc(S(N)(=O)=O)cc2)cc1OC. The highest BCUT2D eigenvalue weighted by molar-refractivity contribution is 7.99. The van der Waals surface area contributed by atoms with E-state index in [2.05, 4.69) is 15.5 Å². The van der Waals surface area contributed by atoms with Crippen molar-refractivity contribution >= 4 is 44.3 Å². The molecular weight excluding hydrogens is 566 g/mol. The average Bonchev–Trinajstić information content (AvgIpc) is 2.97. The van der Waals surface area contributed by atoms with Crippen molar-refractivity contribution in [2.75, 3.05) is 20.0 Å². The number of primary sulfonamides is 1. The summed E-state index contributed by atoms with van der Waals surface area (Å²) in [5.41, 5.74) is 4.96. The van der Waals surface area contributed by atoms with Crippen molar-refractivity contribution in [3.05, 3.63) is 88.2 Å². The van der Waals surface area contributed by atoms with Crippen molar-refractivity contribution in [2.45, 2.75) is 29.9 Å². The third kappa shape index (κ3) is 7.31. The van der Waals surface area contributed by atoms with E-state index >= 15 is 0 Å². The van der Waals surface area contributed by atoms with Gasteiger partial charge >= 0.3 is 0 Å². The number of aryl methyl sites for hydroxylation is 1. The van der Waals surface area contributed by atoms with Crippen LogP contribution in [0.15, 0.2) is 86.7 Å². The first-order valence-electron chi connectivity index (χ1n) is 12.4. The maximum Gasteiger partial charge on any atom is 0.262 e. The van der Waals surface area contributed by atoms with Crippen LogP contribution in [0.4, 0.5) is 0 Å². The summed E-state index contributed by atoms with van der Waals surface area (Å²) in [4.78, 5) is 30.7. The molecule has 0 aliphatic carbocycles. The summed E-state index contributed by atoms with van der Waals surface area (Å²) in [5, 5.41) is 10.2. The number of carbonyl (C=O) groups is 1. The second-order valence-corrected chi connectivity index (χ2v) is 11.4. The van der Waals surface area contributed by atoms with E-state index in [9.17, 15) is 18.0 Å². The van der Waals surface area contributed by atoms with E-state index in [0.29, 0.717) is 39.7 Å². The zero-order valence-corrected chi connectivity index (χ0v) is 24.3. The number of sulfonamides is 1. The average molecular weight is 596 g/mol. The number of methoxy groups -OCH3 is 2. The number of aromatic nitrogens is 2. The number of carbonyl (C=O) groups excluding carboxylic acids is 1. The summed E-state index contributed by atoms with van der Waals surface area (Å²) >= 11 is 1.12. The first kappa shape index (κ1) is 29.8. The number of benzene rings is 3. The van der Waals surface area contributed by atoms with E-state index in [1.54, 1.807) is 68.6 Å². The van der Waals surface area contributed by atoms with Gasteiger partial charge in [0.05, 0.1) is 41.5 Å². The molecule has 3 aromatic carbocycles. The molecule has 214 valence electrons. The van der Waals surface area contributed by atoms with Gasteiger partial charge in [-0.2, -0.15) is 5.10 Å². The highest BCUT2D eigenvalue weighted by atomic mass is 32.2. The van der Waals surface area contributed by atoms with E-state index in [0.717, 1.165) is 22.9 Å². The van der Waals surface area contributed by atoms with E-state index in [4.69, 9.17) is 14.6 Å². The number of para-hydroxylation sites is 1. The lowest BCUT2D eigenvalue weighted by molar-refractivity contribution is -0.118. The maximum atomic E-state index is 13.3. The number of thioether (sulfide) groups is 1. The molecule has 4 aromatic rings. The number of nitrogens with two attached hydrogens (primary N) is 1. The second-order valence-electron chi connectivity index (χ2n) is 8.90. The highest BCUT2D eigenvalue weighted by Gasteiger charge is 2.14. The number of hydrazone groups is 1. The van der Waals surface area contributed by atoms with E-state index in [-0.39, 0.29) is 28.7 Å². The highest BCUT2D eigenvalue weighted by Crippen LogP contribution is 2.27. The standard InChI is InChI=1S/C28H29N5O6S2/c1-18(20-10-13-24(38-2)25(16-20)39-3)31-32-26(34)17-40-28-30-23-7-5-4-6-22(23)27(35)33(28)15-14-19-8-11-21(12-9-19)41(29,36)37/h4-13,16H,14-15,17H2,1-3H3,(H,32,34)(H2,29,36,37)/b31-18+. The number of ether oxygens (including phenoxy) is 2. The van der Waals surface area contributed by atoms with Gasteiger partial charge in [0.25, 0.3) is 11.5 Å². The van der Waals surface area contributed by atoms with E-state index in [1.807, 2.05) is 0 Å². The van der Waals surface area contributed by atoms with Crippen LogP contribution in [0.2, 0.25) is 0 Å². The van der Waals surface area contributed by atoms with Gasteiger partial charge < -0.3 is 9.47 Å². The van der Waals surface area contributed by atoms with Crippen LogP contribution in [0.1, 0.15) is 18.1 Å². The lowest BCUT2D eigenvalue weighted by Gasteiger charge is -2.13. The molecule has 0 spiro atoms. The third-order valence-corrected chi connectivity index (χ3v) is 8.09. The maximum absolute atomic E-state index is 13.3. The summed E-state index contributed by atoms with van der Waals surface area (Å²) in [6.45, 7) is 2.03. The first-order valence-corrected chi connectivity index (χ1v) is 14.9. The van der Waals surface area contributed by atoms with Gasteiger partial charge in [0, 0.05) is 12.1 Å². The normalized spacial score (nSPS) is 11.9. The lowest BCUT2D eigenvalue weighted by atomic mass is 10.1. The van der Waals surface area contributed by atoms with E-state index in [1.165, 1.54) is 23.8 Å². The molecule has 0 fully saturated rings. The minimum atomic E-state index is -3.80. The molecule has 13 heteroatoms. The molecule has 0 saturated heterocycles. The Kier molecular flexibility index (Phi) is 9.42. The van der Waals surface area contributed by atoms with Gasteiger partial charge in [0.2, 0.25) is 10.0 Å². The summed E-state index contributed by atoms with van der Waals surface area (Å²) in [6, 6.07) is 18.5. The number of amides is 1. The minimum absolute atomic E-state index is 0.0112. The molecule has 0 bridgehead atoms. The zero-order valence-electron chi connectivity index (χ0n) is 22.7. The summed E-state index contributed by atoms with van der Waals surface area (Å²) in [5.74, 6) is 0.722. The van der Waals surface area contributed by atoms with Crippen LogP contribution in [0.25, 0.3) is 10.9 Å². The largest absolute Gasteiger partial charge is 0.493 e. The van der Waals surface area contributed by atoms with Gasteiger partial charge in [-0.3, -0.25) is 14.2 Å². The molecule has 0 aliphatic rings. The molecule has 0 aliphatic heterocycles. The van der Waals surface area contributed by atoms with Crippen LogP contribution >= 0.6 is 11.8 Å². The lowest BCUT2D eigenvalue weighted by Crippen LogP contribution is -2.26. The number of hydrogen-bond acceptors (Lipinski definition) is 9. The molecule has 3 N–H and O–H groups in total. The van der Waals surface area contributed by atoms with Gasteiger partial charge in [-0.25, -0.2) is 24.0 Å². The predicted octanol–water partition coefficient (Wildman–Crippen LogP) is 2.94. The number of nitrogens with one attached hydrogen (secondary N) is 1. The summed E-state index contributed by atoms with van der Waals surface area (Å²) < 4.78 is 35.2. The molecule has 1 amide bonds. The fraction of sp³-hybridized carbons (Fsp3) is 0.214. The van der Waals surface area contributed by atoms with Crippen molar-refractivity contribution in [3.8, 4) is 11.5 Å². The van der Waals surface area contributed by atoms with Crippen LogP contribution in [-0.4, -0.2) is 49.6 Å². The van der Waals surface area contributed by atoms with Crippen molar-refractivity contribution in [2.24, 2.45) is 10.2 Å². The topological polar surface area (TPSA) is 155 Å². The van der Waals surface area contributed by atoms with Gasteiger partial charge in [-0.15, -0.1) is 0 Å². The number of fused-ring (bicyclic) bond motifs is 1. The number of nitrogens with zero attached hydrogens (tertiary/aromatic N) is 3. The molecule has 1 heterocycles. The Morgan fingerprint density at radius 2 is 1.76 bits per heavy atom. The summed E-state index contributed by atoms with van der Waals surface area (Å²) in [6.07, 6.45) is 0.430. The van der Waals surface area contributed by atoms with Crippen molar-refractivity contribution in [3.63, 3.8) is 0 Å². The van der Waals surface area contributed by atoms with E-state index < -0.39 is 10.0 Å². The fourth-order valence-corrected chi connectivity index (χ4v) is 5.31. The van der Waals surface area contributed by atoms with Crippen molar-refractivity contribution in [1.82, 2.24) is 15.0 Å². The monoisotopic (exact) mass is 595 g/mol. The Bertz CT molecular complexity index is 1770. The quantitative estimate of drug-likeness (QED) is 0.116. The van der Waals surface area contributed by atoms with Crippen molar-refractivity contribution in [1.29, 1.82) is 0 Å². The van der Waals surface area contributed by atoms with Gasteiger partial charge in [-0.1, -0.05) is 36.0 Å². The molecule has 0 atom stereocenters. The van der Waals surface area contributed by atoms with Crippen LogP contribution in [0.5, 0.6) is 11.5 Å². The van der Waals surface area contributed by atoms with Crippen LogP contribution in [0.3, 0.4) is 0 Å². The van der Waals surface area contributed by atoms with Gasteiger partial charge in [0.15, 0.2) is 16.7 Å². The Morgan fingerprint density at radius 1 is 1.05 bits per heavy atom. The molecular formula is C28H29N5O6S2. The molecule has 4 rings (SSSR count). The Labute approximate surface area is 241 Å². The smallest absolute Gasteiger partial charge is 0.262 e. The third-order valence-electron chi connectivity index (χ3n) is 6.18. The minimum Gasteiger partial charge on any atom is -0.493 e. The Balaban J connectivity index is 1.49. The molecule has 41 heavy (non-hydrogen) atoms. The van der Waals surface area contributed by atoms with Gasteiger partial charge in [0.1, 0.15) is 0 Å². The first-order chi connectivity index (χ1) is 19.6. The number of rotatable bonds is 11. The molecule has 0 saturated carbocycles. The number of hydrogen-bond donors (Lipinski definition) is 2. The summed E-state index contributed by atoms with van der Waals surface area (Å²) in [7, 11) is -0.709. The van der Waals surface area contributed by atoms with Crippen LogP contribution in [-0.2, 0) is 27.8 Å². The molecule has 0 radical (unpaired) electrons. The molecule has 11 nitrogen and oxygen atoms in total. The van der Waals surface area contributed by atoms with Crippen molar-refractivity contribution < 1.29 is 22.7 Å². The van der Waals surface area contributed by atoms with Crippen LogP contribution in [0, 0.1) is 0 Å². The fourth-order valence-electron chi connectivity index (χ4n) is 3.98. The zero-order chi connectivity index (χ0) is 29.6. The molecule has 0 unspecified atom stereocenters. The second kappa shape index (κ2) is 13.0. The Hall–Kier alpha value is -4.20.